The second kappa shape index (κ2) is 9.06. The largest absolute Gasteiger partial charge is 0.312 e. The number of benzene rings is 1. The summed E-state index contributed by atoms with van der Waals surface area (Å²) in [6, 6.07) is 13.7. The van der Waals surface area contributed by atoms with Gasteiger partial charge in [0.2, 0.25) is 15.9 Å². The molecule has 0 radical (unpaired) electrons. The zero-order valence-electron chi connectivity index (χ0n) is 18.1. The molecule has 2 aliphatic heterocycles. The fourth-order valence-electron chi connectivity index (χ4n) is 5.00. The van der Waals surface area contributed by atoms with Crippen LogP contribution < -0.4 is 4.90 Å². The molecular weight excluding hydrogens is 412 g/mol. The molecule has 1 saturated heterocycles. The summed E-state index contributed by atoms with van der Waals surface area (Å²) in [5, 5.41) is 0. The number of fused-ring (bicyclic) bond motifs is 3. The minimum atomic E-state index is -3.36. The van der Waals surface area contributed by atoms with Crippen molar-refractivity contribution in [1.29, 1.82) is 0 Å². The van der Waals surface area contributed by atoms with E-state index in [-0.39, 0.29) is 18.0 Å². The minimum Gasteiger partial charge on any atom is -0.312 e. The lowest BCUT2D eigenvalue weighted by Crippen LogP contribution is -2.46. The average Bonchev–Trinajstić information content (AvgIpc) is 3.11. The Morgan fingerprint density at radius 2 is 1.81 bits per heavy atom. The Hall–Kier alpha value is -2.29. The summed E-state index contributed by atoms with van der Waals surface area (Å²) >= 11 is 0. The summed E-state index contributed by atoms with van der Waals surface area (Å²) in [7, 11) is -3.36. The third-order valence-electron chi connectivity index (χ3n) is 6.26. The van der Waals surface area contributed by atoms with Crippen molar-refractivity contribution in [3.05, 3.63) is 59.9 Å². The van der Waals surface area contributed by atoms with Crippen molar-refractivity contribution in [2.24, 2.45) is 0 Å². The van der Waals surface area contributed by atoms with Gasteiger partial charge in [-0.1, -0.05) is 24.3 Å². The summed E-state index contributed by atoms with van der Waals surface area (Å²) < 4.78 is 27.1. The van der Waals surface area contributed by atoms with Gasteiger partial charge >= 0.3 is 0 Å². The van der Waals surface area contributed by atoms with Gasteiger partial charge in [-0.05, 0) is 43.0 Å². The first-order chi connectivity index (χ1) is 14.8. The Kier molecular flexibility index (Phi) is 6.41. The van der Waals surface area contributed by atoms with Crippen LogP contribution in [0.15, 0.2) is 48.7 Å². The predicted octanol–water partition coefficient (Wildman–Crippen LogP) is 2.63. The molecule has 0 aliphatic carbocycles. The van der Waals surface area contributed by atoms with Gasteiger partial charge in [0.15, 0.2) is 0 Å². The van der Waals surface area contributed by atoms with Crippen LogP contribution in [0.5, 0.6) is 0 Å². The number of para-hydroxylation sites is 1. The number of hydrogen-bond donors (Lipinski definition) is 0. The van der Waals surface area contributed by atoms with Crippen LogP contribution >= 0.6 is 0 Å². The number of rotatable bonds is 3. The van der Waals surface area contributed by atoms with E-state index in [1.807, 2.05) is 36.4 Å². The standard InChI is InChI=1S/C23H30N4O3S/c1-18(28)26-14-12-21-10-11-22(27(21)31(2,29)30)17-25(16-20-8-5-6-13-24-20)15-19-7-3-4-9-23(19)26/h3-9,13,21-22H,10-12,14-17H2,1-2H3/t21-,22+/m1/s1. The lowest BCUT2D eigenvalue weighted by atomic mass is 10.1. The fraction of sp³-hybridized carbons (Fsp3) is 0.478. The lowest BCUT2D eigenvalue weighted by molar-refractivity contribution is -0.116. The first-order valence-corrected chi connectivity index (χ1v) is 12.6. The number of amides is 1. The molecule has 166 valence electrons. The van der Waals surface area contributed by atoms with E-state index in [1.54, 1.807) is 22.3 Å². The fourth-order valence-corrected chi connectivity index (χ4v) is 6.47. The molecule has 1 amide bonds. The molecule has 8 heteroatoms. The number of pyridine rings is 1. The van der Waals surface area contributed by atoms with Crippen molar-refractivity contribution >= 4 is 21.6 Å². The highest BCUT2D eigenvalue weighted by molar-refractivity contribution is 7.88. The van der Waals surface area contributed by atoms with Crippen molar-refractivity contribution < 1.29 is 13.2 Å². The van der Waals surface area contributed by atoms with Gasteiger partial charge in [0, 0.05) is 57.1 Å². The first kappa shape index (κ1) is 21.9. The highest BCUT2D eigenvalue weighted by Gasteiger charge is 2.40. The molecule has 1 aromatic heterocycles. The summed E-state index contributed by atoms with van der Waals surface area (Å²) in [6.45, 7) is 3.96. The van der Waals surface area contributed by atoms with E-state index in [9.17, 15) is 13.2 Å². The quantitative estimate of drug-likeness (QED) is 0.731. The van der Waals surface area contributed by atoms with Crippen LogP contribution in [0.3, 0.4) is 0 Å². The van der Waals surface area contributed by atoms with Crippen molar-refractivity contribution in [3.8, 4) is 0 Å². The van der Waals surface area contributed by atoms with Crippen LogP contribution in [0.1, 0.15) is 37.4 Å². The molecule has 2 bridgehead atoms. The van der Waals surface area contributed by atoms with E-state index in [4.69, 9.17) is 0 Å². The SMILES string of the molecule is CC(=O)N1CC[C@H]2CC[C@@H](CN(Cc3ccccn3)Cc3ccccc31)N2S(C)(=O)=O. The normalized spacial score (nSPS) is 23.2. The molecule has 0 spiro atoms. The van der Waals surface area contributed by atoms with Crippen molar-refractivity contribution in [1.82, 2.24) is 14.2 Å². The molecule has 1 fully saturated rings. The van der Waals surface area contributed by atoms with Crippen molar-refractivity contribution in [2.75, 3.05) is 24.2 Å². The first-order valence-electron chi connectivity index (χ1n) is 10.8. The van der Waals surface area contributed by atoms with Gasteiger partial charge < -0.3 is 4.90 Å². The van der Waals surface area contributed by atoms with Crippen LogP contribution in [0.2, 0.25) is 0 Å². The van der Waals surface area contributed by atoms with Gasteiger partial charge in [0.1, 0.15) is 0 Å². The Labute approximate surface area is 184 Å². The monoisotopic (exact) mass is 442 g/mol. The number of aromatic nitrogens is 1. The molecule has 31 heavy (non-hydrogen) atoms. The third-order valence-corrected chi connectivity index (χ3v) is 7.62. The molecule has 2 aliphatic rings. The van der Waals surface area contributed by atoms with Crippen LogP contribution in [-0.4, -0.2) is 59.9 Å². The van der Waals surface area contributed by atoms with Crippen LogP contribution in [0.4, 0.5) is 5.69 Å². The van der Waals surface area contributed by atoms with Gasteiger partial charge in [-0.3, -0.25) is 14.7 Å². The van der Waals surface area contributed by atoms with Crippen LogP contribution in [-0.2, 0) is 27.9 Å². The van der Waals surface area contributed by atoms with E-state index in [2.05, 4.69) is 16.0 Å². The summed E-state index contributed by atoms with van der Waals surface area (Å²) in [6.07, 6.45) is 5.37. The zero-order valence-corrected chi connectivity index (χ0v) is 19.0. The Morgan fingerprint density at radius 3 is 2.52 bits per heavy atom. The van der Waals surface area contributed by atoms with Gasteiger partial charge in [0.05, 0.1) is 11.9 Å². The Balaban J connectivity index is 1.75. The minimum absolute atomic E-state index is 0.0246. The van der Waals surface area contributed by atoms with Gasteiger partial charge in [-0.15, -0.1) is 0 Å². The van der Waals surface area contributed by atoms with Crippen molar-refractivity contribution in [2.45, 2.75) is 51.4 Å². The molecule has 2 aromatic rings. The maximum Gasteiger partial charge on any atom is 0.223 e. The van der Waals surface area contributed by atoms with E-state index in [0.717, 1.165) is 29.8 Å². The topological polar surface area (TPSA) is 73.8 Å². The van der Waals surface area contributed by atoms with E-state index >= 15 is 0 Å². The smallest absolute Gasteiger partial charge is 0.223 e. The number of carbonyl (C=O) groups is 1. The molecule has 3 heterocycles. The second-order valence-corrected chi connectivity index (χ2v) is 10.4. The molecule has 0 saturated carbocycles. The summed E-state index contributed by atoms with van der Waals surface area (Å²) in [5.41, 5.74) is 2.92. The Bertz CT molecular complexity index is 1030. The number of hydrogen-bond acceptors (Lipinski definition) is 5. The summed E-state index contributed by atoms with van der Waals surface area (Å²) in [4.78, 5) is 21.1. The highest BCUT2D eigenvalue weighted by atomic mass is 32.2. The molecular formula is C23H30N4O3S. The molecule has 1 aromatic carbocycles. The maximum atomic E-state index is 12.7. The number of carbonyl (C=O) groups excluding carboxylic acids is 1. The summed E-state index contributed by atoms with van der Waals surface area (Å²) in [5.74, 6) is -0.0246. The molecule has 7 nitrogen and oxygen atoms in total. The predicted molar refractivity (Wildman–Crippen MR) is 121 cm³/mol. The average molecular weight is 443 g/mol. The van der Waals surface area contributed by atoms with Crippen molar-refractivity contribution in [3.63, 3.8) is 0 Å². The number of anilines is 1. The van der Waals surface area contributed by atoms with Crippen LogP contribution in [0, 0.1) is 0 Å². The van der Waals surface area contributed by atoms with Gasteiger partial charge in [-0.2, -0.15) is 4.31 Å². The molecule has 0 N–H and O–H groups in total. The van der Waals surface area contributed by atoms with Crippen LogP contribution in [0.25, 0.3) is 0 Å². The molecule has 2 atom stereocenters. The molecule has 0 unspecified atom stereocenters. The highest BCUT2D eigenvalue weighted by Crippen LogP contribution is 2.33. The van der Waals surface area contributed by atoms with E-state index in [0.29, 0.717) is 32.6 Å². The van der Waals surface area contributed by atoms with Gasteiger partial charge in [-0.25, -0.2) is 8.42 Å². The lowest BCUT2D eigenvalue weighted by Gasteiger charge is -2.31. The maximum absolute atomic E-state index is 12.7. The third kappa shape index (κ3) is 4.97. The van der Waals surface area contributed by atoms with Gasteiger partial charge in [0.25, 0.3) is 0 Å². The zero-order chi connectivity index (χ0) is 22.0. The number of sulfonamides is 1. The number of nitrogens with zero attached hydrogens (tertiary/aromatic N) is 4. The second-order valence-electron chi connectivity index (χ2n) is 8.56. The van der Waals surface area contributed by atoms with E-state index < -0.39 is 10.0 Å². The molecule has 4 rings (SSSR count). The Morgan fingerprint density at radius 1 is 1.06 bits per heavy atom. The van der Waals surface area contributed by atoms with E-state index in [1.165, 1.54) is 6.26 Å².